The Labute approximate surface area is 124 Å². The normalized spacial score (nSPS) is 10.4. The van der Waals surface area contributed by atoms with Gasteiger partial charge >= 0.3 is 0 Å². The largest absolute Gasteiger partial charge is 0.347 e. The second kappa shape index (κ2) is 5.95. The van der Waals surface area contributed by atoms with Crippen LogP contribution in [0.15, 0.2) is 38.6 Å². The molecule has 0 spiro atoms. The Bertz CT molecular complexity index is 585. The maximum absolute atomic E-state index is 13.3. The van der Waals surface area contributed by atoms with E-state index in [0.29, 0.717) is 12.1 Å². The molecule has 0 radical (unpaired) electrons. The first kappa shape index (κ1) is 13.7. The van der Waals surface area contributed by atoms with Crippen LogP contribution >= 0.6 is 43.2 Å². The highest BCUT2D eigenvalue weighted by atomic mass is 79.9. The van der Waals surface area contributed by atoms with Crippen LogP contribution < -0.4 is 5.32 Å². The molecule has 0 aliphatic rings. The number of carbonyl (C=O) groups excluding carboxylic acids is 1. The third kappa shape index (κ3) is 3.18. The molecular formula is C12H8Br2FNOS. The van der Waals surface area contributed by atoms with Crippen LogP contribution in [-0.2, 0) is 6.54 Å². The van der Waals surface area contributed by atoms with Gasteiger partial charge in [0.05, 0.1) is 16.6 Å². The van der Waals surface area contributed by atoms with E-state index in [0.717, 1.165) is 9.35 Å². The van der Waals surface area contributed by atoms with Crippen molar-refractivity contribution in [1.29, 1.82) is 0 Å². The molecule has 1 heterocycles. The lowest BCUT2D eigenvalue weighted by Crippen LogP contribution is -2.22. The van der Waals surface area contributed by atoms with Crippen molar-refractivity contribution in [2.24, 2.45) is 0 Å². The first-order chi connectivity index (χ1) is 8.58. The molecule has 0 saturated heterocycles. The molecule has 0 atom stereocenters. The molecular weight excluding hydrogens is 385 g/mol. The van der Waals surface area contributed by atoms with Crippen molar-refractivity contribution in [2.75, 3.05) is 0 Å². The minimum absolute atomic E-state index is 0.190. The third-order valence-electron chi connectivity index (χ3n) is 2.24. The molecule has 2 rings (SSSR count). The number of hydrogen-bond donors (Lipinski definition) is 1. The van der Waals surface area contributed by atoms with Gasteiger partial charge in [-0.3, -0.25) is 4.79 Å². The highest BCUT2D eigenvalue weighted by Crippen LogP contribution is 2.21. The van der Waals surface area contributed by atoms with E-state index in [1.54, 1.807) is 17.4 Å². The standard InChI is InChI=1S/C12H8Br2FNOS/c13-7-4-8(18-6-7)5-16-12(17)9-2-1-3-10(15)11(9)14/h1-4,6H,5H2,(H,16,17). The molecule has 1 N–H and O–H groups in total. The fourth-order valence-electron chi connectivity index (χ4n) is 1.39. The van der Waals surface area contributed by atoms with Gasteiger partial charge < -0.3 is 5.32 Å². The summed E-state index contributed by atoms with van der Waals surface area (Å²) < 4.78 is 14.5. The Hall–Kier alpha value is -0.720. The van der Waals surface area contributed by atoms with E-state index in [-0.39, 0.29) is 10.4 Å². The van der Waals surface area contributed by atoms with Crippen LogP contribution in [-0.4, -0.2) is 5.91 Å². The third-order valence-corrected chi connectivity index (χ3v) is 4.74. The van der Waals surface area contributed by atoms with Crippen LogP contribution in [0.2, 0.25) is 0 Å². The van der Waals surface area contributed by atoms with Gasteiger partial charge in [0.2, 0.25) is 0 Å². The molecule has 1 aromatic heterocycles. The number of hydrogen-bond acceptors (Lipinski definition) is 2. The van der Waals surface area contributed by atoms with E-state index < -0.39 is 5.82 Å². The van der Waals surface area contributed by atoms with Gasteiger partial charge in [-0.05, 0) is 50.1 Å². The lowest BCUT2D eigenvalue weighted by atomic mass is 10.2. The van der Waals surface area contributed by atoms with E-state index in [2.05, 4.69) is 37.2 Å². The number of carbonyl (C=O) groups is 1. The van der Waals surface area contributed by atoms with Crippen molar-refractivity contribution in [3.05, 3.63) is 54.8 Å². The summed E-state index contributed by atoms with van der Waals surface area (Å²) in [4.78, 5) is 12.9. The topological polar surface area (TPSA) is 29.1 Å². The Kier molecular flexibility index (Phi) is 4.53. The molecule has 0 bridgehead atoms. The Morgan fingerprint density at radius 2 is 2.17 bits per heavy atom. The lowest BCUT2D eigenvalue weighted by Gasteiger charge is -2.06. The van der Waals surface area contributed by atoms with Gasteiger partial charge in [-0.2, -0.15) is 0 Å². The second-order valence-corrected chi connectivity index (χ2v) is 6.22. The Morgan fingerprint density at radius 3 is 2.83 bits per heavy atom. The summed E-state index contributed by atoms with van der Waals surface area (Å²) in [5.41, 5.74) is 0.297. The summed E-state index contributed by atoms with van der Waals surface area (Å²) in [6.45, 7) is 0.429. The molecule has 0 unspecified atom stereocenters. The first-order valence-corrected chi connectivity index (χ1v) is 7.49. The van der Waals surface area contributed by atoms with Gasteiger partial charge in [0.1, 0.15) is 5.82 Å². The zero-order valence-corrected chi connectivity index (χ0v) is 13.0. The van der Waals surface area contributed by atoms with Crippen molar-refractivity contribution in [1.82, 2.24) is 5.32 Å². The quantitative estimate of drug-likeness (QED) is 0.826. The molecule has 1 aromatic carbocycles. The fraction of sp³-hybridized carbons (Fsp3) is 0.0833. The summed E-state index contributed by atoms with van der Waals surface area (Å²) in [6.07, 6.45) is 0. The van der Waals surface area contributed by atoms with E-state index in [1.807, 2.05) is 11.4 Å². The molecule has 0 saturated carbocycles. The number of halogens is 3. The van der Waals surface area contributed by atoms with Crippen molar-refractivity contribution in [3.8, 4) is 0 Å². The van der Waals surface area contributed by atoms with Crippen LogP contribution in [0, 0.1) is 5.82 Å². The fourth-order valence-corrected chi connectivity index (χ4v) is 3.22. The summed E-state index contributed by atoms with van der Waals surface area (Å²) in [6, 6.07) is 6.33. The molecule has 1 amide bonds. The van der Waals surface area contributed by atoms with Gasteiger partial charge in [-0.15, -0.1) is 11.3 Å². The number of rotatable bonds is 3. The first-order valence-electron chi connectivity index (χ1n) is 5.03. The van der Waals surface area contributed by atoms with Crippen LogP contribution in [0.4, 0.5) is 4.39 Å². The zero-order chi connectivity index (χ0) is 13.1. The van der Waals surface area contributed by atoms with Gasteiger partial charge in [0, 0.05) is 14.7 Å². The van der Waals surface area contributed by atoms with Crippen LogP contribution in [0.1, 0.15) is 15.2 Å². The molecule has 94 valence electrons. The van der Waals surface area contributed by atoms with Crippen LogP contribution in [0.25, 0.3) is 0 Å². The van der Waals surface area contributed by atoms with Gasteiger partial charge in [-0.1, -0.05) is 6.07 Å². The van der Waals surface area contributed by atoms with Crippen molar-refractivity contribution < 1.29 is 9.18 Å². The van der Waals surface area contributed by atoms with Gasteiger partial charge in [-0.25, -0.2) is 4.39 Å². The highest BCUT2D eigenvalue weighted by Gasteiger charge is 2.12. The molecule has 2 nitrogen and oxygen atoms in total. The van der Waals surface area contributed by atoms with Crippen molar-refractivity contribution in [2.45, 2.75) is 6.54 Å². The minimum Gasteiger partial charge on any atom is -0.347 e. The van der Waals surface area contributed by atoms with E-state index in [4.69, 9.17) is 0 Å². The number of benzene rings is 1. The SMILES string of the molecule is O=C(NCc1cc(Br)cs1)c1cccc(F)c1Br. The predicted molar refractivity (Wildman–Crippen MR) is 77.3 cm³/mol. The Balaban J connectivity index is 2.06. The summed E-state index contributed by atoms with van der Waals surface area (Å²) in [7, 11) is 0. The van der Waals surface area contributed by atoms with Gasteiger partial charge in [0.25, 0.3) is 5.91 Å². The summed E-state index contributed by atoms with van der Waals surface area (Å²) in [5.74, 6) is -0.743. The van der Waals surface area contributed by atoms with Crippen LogP contribution in [0.3, 0.4) is 0 Å². The Morgan fingerprint density at radius 1 is 1.39 bits per heavy atom. The van der Waals surface area contributed by atoms with Crippen LogP contribution in [0.5, 0.6) is 0 Å². The number of thiophene rings is 1. The summed E-state index contributed by atoms with van der Waals surface area (Å²) >= 11 is 7.96. The molecule has 6 heteroatoms. The van der Waals surface area contributed by atoms with Crippen molar-refractivity contribution in [3.63, 3.8) is 0 Å². The highest BCUT2D eigenvalue weighted by molar-refractivity contribution is 9.10. The second-order valence-electron chi connectivity index (χ2n) is 3.52. The van der Waals surface area contributed by atoms with Crippen molar-refractivity contribution >= 4 is 49.1 Å². The average molecular weight is 393 g/mol. The maximum Gasteiger partial charge on any atom is 0.252 e. The maximum atomic E-state index is 13.3. The molecule has 18 heavy (non-hydrogen) atoms. The van der Waals surface area contributed by atoms with Gasteiger partial charge in [0.15, 0.2) is 0 Å². The number of amides is 1. The molecule has 0 aliphatic heterocycles. The van der Waals surface area contributed by atoms with E-state index >= 15 is 0 Å². The lowest BCUT2D eigenvalue weighted by molar-refractivity contribution is 0.0950. The minimum atomic E-state index is -0.443. The molecule has 0 fully saturated rings. The van der Waals surface area contributed by atoms with E-state index in [9.17, 15) is 9.18 Å². The summed E-state index contributed by atoms with van der Waals surface area (Å²) in [5, 5.41) is 4.69. The number of nitrogens with one attached hydrogen (secondary N) is 1. The van der Waals surface area contributed by atoms with E-state index in [1.165, 1.54) is 12.1 Å². The zero-order valence-electron chi connectivity index (χ0n) is 9.04. The average Bonchev–Trinajstić information content (AvgIpc) is 2.76. The monoisotopic (exact) mass is 391 g/mol. The predicted octanol–water partition coefficient (Wildman–Crippen LogP) is 4.34. The molecule has 2 aromatic rings. The smallest absolute Gasteiger partial charge is 0.252 e. The molecule has 0 aliphatic carbocycles.